The van der Waals surface area contributed by atoms with Crippen LogP contribution in [0.1, 0.15) is 46.0 Å². The smallest absolute Gasteiger partial charge is 0.231 e. The first-order valence-corrected chi connectivity index (χ1v) is 8.27. The highest BCUT2D eigenvalue weighted by Gasteiger charge is 2.28. The Hall–Kier alpha value is -1.59. The largest absolute Gasteiger partial charge is 0.354 e. The molecule has 0 radical (unpaired) electrons. The van der Waals surface area contributed by atoms with Crippen molar-refractivity contribution in [2.45, 2.75) is 52.0 Å². The van der Waals surface area contributed by atoms with Gasteiger partial charge < -0.3 is 15.5 Å². The molecule has 6 nitrogen and oxygen atoms in total. The average Bonchev–Trinajstić information content (AvgIpc) is 3.33. The molecule has 0 spiro atoms. The monoisotopic (exact) mass is 290 g/mol. The van der Waals surface area contributed by atoms with E-state index >= 15 is 0 Å². The molecule has 2 N–H and O–H groups in total. The molecule has 1 aromatic rings. The Morgan fingerprint density at radius 2 is 1.81 bits per heavy atom. The molecule has 2 aliphatic rings. The Bertz CT molecular complexity index is 467. The van der Waals surface area contributed by atoms with Gasteiger partial charge >= 0.3 is 0 Å². The second-order valence-corrected chi connectivity index (χ2v) is 6.13. The van der Waals surface area contributed by atoms with Gasteiger partial charge in [-0.3, -0.25) is 0 Å². The van der Waals surface area contributed by atoms with E-state index in [4.69, 9.17) is 0 Å². The summed E-state index contributed by atoms with van der Waals surface area (Å²) in [5, 5.41) is 6.67. The fourth-order valence-corrected chi connectivity index (χ4v) is 2.82. The number of aromatic nitrogens is 3. The summed E-state index contributed by atoms with van der Waals surface area (Å²) >= 11 is 0. The third-order valence-electron chi connectivity index (χ3n) is 4.28. The Kier molecular flexibility index (Phi) is 4.41. The molecule has 21 heavy (non-hydrogen) atoms. The van der Waals surface area contributed by atoms with Crippen molar-refractivity contribution < 1.29 is 0 Å². The zero-order valence-electron chi connectivity index (χ0n) is 13.1. The Balaban J connectivity index is 1.78. The molecule has 1 aliphatic carbocycles. The lowest BCUT2D eigenvalue weighted by atomic mass is 10.1. The number of anilines is 3. The highest BCUT2D eigenvalue weighted by Crippen LogP contribution is 2.33. The number of rotatable bonds is 6. The van der Waals surface area contributed by atoms with Crippen molar-refractivity contribution in [3.05, 3.63) is 0 Å². The molecule has 1 aromatic heterocycles. The molecule has 3 rings (SSSR count). The van der Waals surface area contributed by atoms with Gasteiger partial charge in [0.1, 0.15) is 0 Å². The van der Waals surface area contributed by atoms with Crippen LogP contribution in [0.25, 0.3) is 0 Å². The molecule has 1 aliphatic heterocycles. The van der Waals surface area contributed by atoms with Crippen LogP contribution >= 0.6 is 0 Å². The van der Waals surface area contributed by atoms with Crippen LogP contribution in [0.5, 0.6) is 0 Å². The number of piperidine rings is 1. The topological polar surface area (TPSA) is 66.0 Å². The van der Waals surface area contributed by atoms with Crippen molar-refractivity contribution in [1.29, 1.82) is 0 Å². The van der Waals surface area contributed by atoms with Gasteiger partial charge in [0.2, 0.25) is 17.8 Å². The van der Waals surface area contributed by atoms with Gasteiger partial charge in [0.15, 0.2) is 0 Å². The number of hydrogen-bond acceptors (Lipinski definition) is 6. The maximum absolute atomic E-state index is 4.64. The Morgan fingerprint density at radius 3 is 2.48 bits per heavy atom. The fourth-order valence-electron chi connectivity index (χ4n) is 2.82. The summed E-state index contributed by atoms with van der Waals surface area (Å²) < 4.78 is 0. The molecule has 1 atom stereocenters. The number of nitrogens with zero attached hydrogens (tertiary/aromatic N) is 4. The number of nitrogens with one attached hydrogen (secondary N) is 2. The van der Waals surface area contributed by atoms with E-state index in [1.807, 2.05) is 0 Å². The first kappa shape index (κ1) is 14.4. The molecule has 0 bridgehead atoms. The second-order valence-electron chi connectivity index (χ2n) is 6.13. The molecule has 2 heterocycles. The summed E-state index contributed by atoms with van der Waals surface area (Å²) in [6, 6.07) is 0.441. The molecule has 1 unspecified atom stereocenters. The molecular weight excluding hydrogens is 264 g/mol. The standard InChI is InChI=1S/C15H26N6/c1-3-16-13-18-14(17-11(2)12-7-8-12)20-15(19-13)21-9-5-4-6-10-21/h11-12H,3-10H2,1-2H3,(H2,16,17,18,19,20). The van der Waals surface area contributed by atoms with Gasteiger partial charge in [-0.2, -0.15) is 15.0 Å². The minimum Gasteiger partial charge on any atom is -0.354 e. The van der Waals surface area contributed by atoms with Crippen LogP contribution in [0.2, 0.25) is 0 Å². The van der Waals surface area contributed by atoms with Crippen molar-refractivity contribution in [2.24, 2.45) is 5.92 Å². The van der Waals surface area contributed by atoms with E-state index in [0.29, 0.717) is 17.9 Å². The van der Waals surface area contributed by atoms with Crippen molar-refractivity contribution in [3.63, 3.8) is 0 Å². The maximum atomic E-state index is 4.64. The van der Waals surface area contributed by atoms with E-state index in [9.17, 15) is 0 Å². The zero-order valence-corrected chi connectivity index (χ0v) is 13.1. The van der Waals surface area contributed by atoms with Crippen LogP contribution in [0.4, 0.5) is 17.8 Å². The lowest BCUT2D eigenvalue weighted by Crippen LogP contribution is -2.32. The molecule has 1 saturated carbocycles. The van der Waals surface area contributed by atoms with Crippen molar-refractivity contribution in [2.75, 3.05) is 35.2 Å². The van der Waals surface area contributed by atoms with E-state index in [2.05, 4.69) is 44.3 Å². The lowest BCUT2D eigenvalue weighted by molar-refractivity contribution is 0.567. The van der Waals surface area contributed by atoms with E-state index < -0.39 is 0 Å². The van der Waals surface area contributed by atoms with Gasteiger partial charge in [-0.1, -0.05) is 0 Å². The van der Waals surface area contributed by atoms with Crippen LogP contribution < -0.4 is 15.5 Å². The van der Waals surface area contributed by atoms with Crippen molar-refractivity contribution in [3.8, 4) is 0 Å². The number of hydrogen-bond donors (Lipinski definition) is 2. The molecule has 2 fully saturated rings. The summed E-state index contributed by atoms with van der Waals surface area (Å²) in [6.07, 6.45) is 6.40. The van der Waals surface area contributed by atoms with Crippen molar-refractivity contribution >= 4 is 17.8 Å². The summed E-state index contributed by atoms with van der Waals surface area (Å²) in [5.41, 5.74) is 0. The van der Waals surface area contributed by atoms with Gasteiger partial charge in [0.25, 0.3) is 0 Å². The summed E-state index contributed by atoms with van der Waals surface area (Å²) in [6.45, 7) is 7.20. The van der Waals surface area contributed by atoms with E-state index in [1.54, 1.807) is 0 Å². The molecule has 0 amide bonds. The van der Waals surface area contributed by atoms with E-state index in [-0.39, 0.29) is 0 Å². The normalized spacial score (nSPS) is 20.2. The van der Waals surface area contributed by atoms with E-state index in [0.717, 1.165) is 31.5 Å². The van der Waals surface area contributed by atoms with Crippen LogP contribution in [-0.4, -0.2) is 40.6 Å². The average molecular weight is 290 g/mol. The molecule has 6 heteroatoms. The zero-order chi connectivity index (χ0) is 14.7. The third kappa shape index (κ3) is 3.74. The minimum absolute atomic E-state index is 0.441. The first-order valence-electron chi connectivity index (χ1n) is 8.27. The maximum Gasteiger partial charge on any atom is 0.231 e. The summed E-state index contributed by atoms with van der Waals surface area (Å²) in [4.78, 5) is 16.0. The van der Waals surface area contributed by atoms with Crippen molar-refractivity contribution in [1.82, 2.24) is 15.0 Å². The first-order chi connectivity index (χ1) is 10.3. The van der Waals surface area contributed by atoms with Crippen LogP contribution in [-0.2, 0) is 0 Å². The summed E-state index contributed by atoms with van der Waals surface area (Å²) in [5.74, 6) is 2.98. The predicted molar refractivity (Wildman–Crippen MR) is 85.9 cm³/mol. The highest BCUT2D eigenvalue weighted by molar-refractivity contribution is 5.44. The van der Waals surface area contributed by atoms with Gasteiger partial charge in [-0.15, -0.1) is 0 Å². The molecule has 0 aromatic carbocycles. The highest BCUT2D eigenvalue weighted by atomic mass is 15.3. The molecule has 1 saturated heterocycles. The van der Waals surface area contributed by atoms with Gasteiger partial charge in [0.05, 0.1) is 0 Å². The van der Waals surface area contributed by atoms with Crippen LogP contribution in [0, 0.1) is 5.92 Å². The summed E-state index contributed by atoms with van der Waals surface area (Å²) in [7, 11) is 0. The Labute approximate surface area is 126 Å². The SMILES string of the molecule is CCNc1nc(NC(C)C2CC2)nc(N2CCCCC2)n1. The Morgan fingerprint density at radius 1 is 1.10 bits per heavy atom. The van der Waals surface area contributed by atoms with Gasteiger partial charge in [0, 0.05) is 25.7 Å². The minimum atomic E-state index is 0.441. The second kappa shape index (κ2) is 6.45. The molecule has 116 valence electrons. The lowest BCUT2D eigenvalue weighted by Gasteiger charge is -2.27. The predicted octanol–water partition coefficient (Wildman–Crippen LogP) is 2.50. The van der Waals surface area contributed by atoms with Gasteiger partial charge in [-0.25, -0.2) is 0 Å². The quantitative estimate of drug-likeness (QED) is 0.839. The van der Waals surface area contributed by atoms with Crippen LogP contribution in [0.15, 0.2) is 0 Å². The third-order valence-corrected chi connectivity index (χ3v) is 4.28. The molecular formula is C15H26N6. The van der Waals surface area contributed by atoms with Crippen LogP contribution in [0.3, 0.4) is 0 Å². The van der Waals surface area contributed by atoms with Gasteiger partial charge in [-0.05, 0) is 51.9 Å². The fraction of sp³-hybridized carbons (Fsp3) is 0.800. The van der Waals surface area contributed by atoms with E-state index in [1.165, 1.54) is 32.1 Å².